The molecule has 0 aromatic heterocycles. The van der Waals surface area contributed by atoms with E-state index in [2.05, 4.69) is 31.3 Å². The first-order chi connectivity index (χ1) is 9.69. The van der Waals surface area contributed by atoms with Crippen molar-refractivity contribution in [1.29, 1.82) is 0 Å². The van der Waals surface area contributed by atoms with Gasteiger partial charge >= 0.3 is 0 Å². The van der Waals surface area contributed by atoms with Crippen molar-refractivity contribution in [3.63, 3.8) is 0 Å². The summed E-state index contributed by atoms with van der Waals surface area (Å²) in [6.07, 6.45) is 0. The van der Waals surface area contributed by atoms with Crippen molar-refractivity contribution in [3.8, 4) is 5.75 Å². The Bertz CT molecular complexity index is 522. The maximum atomic E-state index is 12.8. The van der Waals surface area contributed by atoms with Gasteiger partial charge in [0.2, 0.25) is 0 Å². The molecule has 1 atom stereocenters. The molecule has 0 bridgehead atoms. The molecule has 1 unspecified atom stereocenters. The first-order valence-corrected chi connectivity index (χ1v) is 6.89. The zero-order valence-corrected chi connectivity index (χ0v) is 11.9. The number of hydrogen-bond donors (Lipinski definition) is 1. The lowest BCUT2D eigenvalue weighted by molar-refractivity contribution is 0.306. The highest BCUT2D eigenvalue weighted by Gasteiger charge is 2.03. The Hall–Kier alpha value is -1.87. The van der Waals surface area contributed by atoms with E-state index in [4.69, 9.17) is 4.74 Å². The molecule has 2 aromatic rings. The fraction of sp³-hybridized carbons (Fsp3) is 0.294. The highest BCUT2D eigenvalue weighted by Crippen LogP contribution is 2.18. The quantitative estimate of drug-likeness (QED) is 0.856. The Balaban J connectivity index is 1.92. The fourth-order valence-corrected chi connectivity index (χ4v) is 2.02. The molecular weight excluding hydrogens is 253 g/mol. The summed E-state index contributed by atoms with van der Waals surface area (Å²) >= 11 is 0. The fourth-order valence-electron chi connectivity index (χ4n) is 2.02. The van der Waals surface area contributed by atoms with Crippen LogP contribution < -0.4 is 10.1 Å². The molecule has 0 saturated carbocycles. The van der Waals surface area contributed by atoms with Gasteiger partial charge in [0.05, 0.1) is 0 Å². The van der Waals surface area contributed by atoms with E-state index in [1.165, 1.54) is 17.7 Å². The number of rotatable bonds is 6. The summed E-state index contributed by atoms with van der Waals surface area (Å²) in [5, 5.41) is 3.37. The van der Waals surface area contributed by atoms with Crippen molar-refractivity contribution in [2.75, 3.05) is 6.54 Å². The highest BCUT2D eigenvalue weighted by atomic mass is 19.1. The molecule has 0 aliphatic heterocycles. The molecule has 0 aliphatic rings. The minimum Gasteiger partial charge on any atom is -0.489 e. The summed E-state index contributed by atoms with van der Waals surface area (Å²) < 4.78 is 18.5. The SMILES string of the molecule is CCNC(C)c1ccc(OCc2ccc(F)cc2)cc1. The second kappa shape index (κ2) is 7.06. The normalized spacial score (nSPS) is 12.2. The number of nitrogens with one attached hydrogen (secondary N) is 1. The van der Waals surface area contributed by atoms with Crippen molar-refractivity contribution >= 4 is 0 Å². The Kier molecular flexibility index (Phi) is 5.13. The van der Waals surface area contributed by atoms with Gasteiger partial charge in [0.25, 0.3) is 0 Å². The minimum absolute atomic E-state index is 0.226. The molecule has 0 heterocycles. The van der Waals surface area contributed by atoms with Crippen LogP contribution >= 0.6 is 0 Å². The zero-order valence-electron chi connectivity index (χ0n) is 11.9. The Morgan fingerprint density at radius 1 is 1.05 bits per heavy atom. The molecule has 106 valence electrons. The molecule has 0 saturated heterocycles. The Morgan fingerprint density at radius 2 is 1.70 bits per heavy atom. The largest absolute Gasteiger partial charge is 0.489 e. The molecule has 2 nitrogen and oxygen atoms in total. The standard InChI is InChI=1S/C17H20FNO/c1-3-19-13(2)15-6-10-17(11-7-15)20-12-14-4-8-16(18)9-5-14/h4-11,13,19H,3,12H2,1-2H3. The van der Waals surface area contributed by atoms with E-state index < -0.39 is 0 Å². The van der Waals surface area contributed by atoms with Gasteiger partial charge in [0, 0.05) is 6.04 Å². The average molecular weight is 273 g/mol. The lowest BCUT2D eigenvalue weighted by atomic mass is 10.1. The van der Waals surface area contributed by atoms with Crippen LogP contribution in [0.1, 0.15) is 31.0 Å². The van der Waals surface area contributed by atoms with E-state index in [1.807, 2.05) is 12.1 Å². The van der Waals surface area contributed by atoms with Crippen LogP contribution in [-0.4, -0.2) is 6.54 Å². The molecule has 0 fully saturated rings. The summed E-state index contributed by atoms with van der Waals surface area (Å²) in [4.78, 5) is 0. The van der Waals surface area contributed by atoms with Crippen molar-refractivity contribution in [1.82, 2.24) is 5.32 Å². The first-order valence-electron chi connectivity index (χ1n) is 6.89. The summed E-state index contributed by atoms with van der Waals surface area (Å²) in [7, 11) is 0. The van der Waals surface area contributed by atoms with E-state index in [9.17, 15) is 4.39 Å². The minimum atomic E-state index is -0.226. The van der Waals surface area contributed by atoms with Gasteiger partial charge in [-0.15, -0.1) is 0 Å². The van der Waals surface area contributed by atoms with E-state index in [1.54, 1.807) is 12.1 Å². The van der Waals surface area contributed by atoms with Crippen molar-refractivity contribution < 1.29 is 9.13 Å². The molecule has 0 spiro atoms. The summed E-state index contributed by atoms with van der Waals surface area (Å²) in [5.41, 5.74) is 2.19. The van der Waals surface area contributed by atoms with Crippen LogP contribution in [0.2, 0.25) is 0 Å². The van der Waals surface area contributed by atoms with Crippen LogP contribution in [0.4, 0.5) is 4.39 Å². The maximum Gasteiger partial charge on any atom is 0.123 e. The van der Waals surface area contributed by atoms with Gasteiger partial charge < -0.3 is 10.1 Å². The van der Waals surface area contributed by atoms with Gasteiger partial charge in [-0.3, -0.25) is 0 Å². The third kappa shape index (κ3) is 4.07. The summed E-state index contributed by atoms with van der Waals surface area (Å²) in [6, 6.07) is 14.7. The number of ether oxygens (including phenoxy) is 1. The maximum absolute atomic E-state index is 12.8. The molecule has 0 radical (unpaired) electrons. The van der Waals surface area contributed by atoms with E-state index >= 15 is 0 Å². The van der Waals surface area contributed by atoms with Crippen LogP contribution in [0.15, 0.2) is 48.5 Å². The van der Waals surface area contributed by atoms with E-state index in [-0.39, 0.29) is 5.82 Å². The van der Waals surface area contributed by atoms with Gasteiger partial charge in [-0.2, -0.15) is 0 Å². The molecule has 3 heteroatoms. The molecule has 1 N–H and O–H groups in total. The van der Waals surface area contributed by atoms with Gasteiger partial charge in [-0.25, -0.2) is 4.39 Å². The van der Waals surface area contributed by atoms with Crippen LogP contribution in [-0.2, 0) is 6.61 Å². The van der Waals surface area contributed by atoms with E-state index in [0.29, 0.717) is 12.6 Å². The van der Waals surface area contributed by atoms with Crippen LogP contribution in [0.5, 0.6) is 5.75 Å². The molecule has 0 amide bonds. The molecule has 20 heavy (non-hydrogen) atoms. The average Bonchev–Trinajstić information content (AvgIpc) is 2.47. The van der Waals surface area contributed by atoms with Crippen molar-refractivity contribution in [2.45, 2.75) is 26.5 Å². The monoisotopic (exact) mass is 273 g/mol. The highest BCUT2D eigenvalue weighted by molar-refractivity contribution is 5.29. The molecular formula is C17H20FNO. The zero-order chi connectivity index (χ0) is 14.4. The van der Waals surface area contributed by atoms with Gasteiger partial charge in [0.1, 0.15) is 18.2 Å². The second-order valence-electron chi connectivity index (χ2n) is 4.76. The predicted molar refractivity (Wildman–Crippen MR) is 79.3 cm³/mol. The van der Waals surface area contributed by atoms with Gasteiger partial charge in [0.15, 0.2) is 0 Å². The summed E-state index contributed by atoms with van der Waals surface area (Å²) in [5.74, 6) is 0.595. The number of benzene rings is 2. The smallest absolute Gasteiger partial charge is 0.123 e. The third-order valence-electron chi connectivity index (χ3n) is 3.21. The van der Waals surface area contributed by atoms with Crippen LogP contribution in [0, 0.1) is 5.82 Å². The van der Waals surface area contributed by atoms with Crippen LogP contribution in [0.25, 0.3) is 0 Å². The van der Waals surface area contributed by atoms with Gasteiger partial charge in [-0.05, 0) is 48.9 Å². The van der Waals surface area contributed by atoms with E-state index in [0.717, 1.165) is 17.9 Å². The third-order valence-corrected chi connectivity index (χ3v) is 3.21. The van der Waals surface area contributed by atoms with Crippen molar-refractivity contribution in [2.24, 2.45) is 0 Å². The van der Waals surface area contributed by atoms with Crippen LogP contribution in [0.3, 0.4) is 0 Å². The second-order valence-corrected chi connectivity index (χ2v) is 4.76. The first kappa shape index (κ1) is 14.5. The predicted octanol–water partition coefficient (Wildman–Crippen LogP) is 4.08. The number of hydrogen-bond acceptors (Lipinski definition) is 2. The summed E-state index contributed by atoms with van der Waals surface area (Å²) in [6.45, 7) is 5.63. The molecule has 2 aromatic carbocycles. The molecule has 0 aliphatic carbocycles. The Labute approximate surface area is 119 Å². The van der Waals surface area contributed by atoms with Crippen molar-refractivity contribution in [3.05, 3.63) is 65.5 Å². The number of halogens is 1. The lowest BCUT2D eigenvalue weighted by Gasteiger charge is -2.13. The topological polar surface area (TPSA) is 21.3 Å². The lowest BCUT2D eigenvalue weighted by Crippen LogP contribution is -2.17. The molecule has 2 rings (SSSR count). The van der Waals surface area contributed by atoms with Gasteiger partial charge in [-0.1, -0.05) is 31.2 Å². The Morgan fingerprint density at radius 3 is 2.30 bits per heavy atom.